The van der Waals surface area contributed by atoms with Crippen molar-refractivity contribution in [3.05, 3.63) is 53.9 Å². The normalized spacial score (nSPS) is 20.8. The summed E-state index contributed by atoms with van der Waals surface area (Å²) in [6.45, 7) is 3.98. The number of carbonyl (C=O) groups is 1. The minimum atomic E-state index is -0.226. The van der Waals surface area contributed by atoms with E-state index in [0.717, 1.165) is 42.3 Å². The van der Waals surface area contributed by atoms with Crippen LogP contribution >= 0.6 is 0 Å². The van der Waals surface area contributed by atoms with Crippen molar-refractivity contribution < 1.29 is 14.3 Å². The van der Waals surface area contributed by atoms with Gasteiger partial charge >= 0.3 is 0 Å². The Morgan fingerprint density at radius 1 is 1.16 bits per heavy atom. The molecule has 2 aliphatic rings. The summed E-state index contributed by atoms with van der Waals surface area (Å²) in [6, 6.07) is 13.7. The van der Waals surface area contributed by atoms with Gasteiger partial charge in [0.25, 0.3) is 5.91 Å². The second-order valence-electron chi connectivity index (χ2n) is 8.66. The van der Waals surface area contributed by atoms with E-state index in [4.69, 9.17) is 9.47 Å². The molecule has 1 unspecified atom stereocenters. The minimum absolute atomic E-state index is 0.000722. The maximum Gasteiger partial charge on any atom is 0.275 e. The van der Waals surface area contributed by atoms with E-state index in [1.807, 2.05) is 61.3 Å². The Balaban J connectivity index is 1.25. The summed E-state index contributed by atoms with van der Waals surface area (Å²) in [5, 5.41) is 5.41. The average molecular weight is 421 g/mol. The van der Waals surface area contributed by atoms with Crippen LogP contribution in [0.4, 0.5) is 0 Å². The van der Waals surface area contributed by atoms with Crippen molar-refractivity contribution in [2.24, 2.45) is 7.05 Å². The number of hydrogen-bond acceptors (Lipinski definition) is 5. The van der Waals surface area contributed by atoms with Gasteiger partial charge in [0.1, 0.15) is 6.10 Å². The van der Waals surface area contributed by atoms with Crippen molar-refractivity contribution in [3.63, 3.8) is 0 Å². The molecule has 0 N–H and O–H groups in total. The van der Waals surface area contributed by atoms with Crippen molar-refractivity contribution in [2.75, 3.05) is 19.7 Å². The molecule has 0 radical (unpaired) electrons. The lowest BCUT2D eigenvalue weighted by molar-refractivity contribution is -0.135. The summed E-state index contributed by atoms with van der Waals surface area (Å²) >= 11 is 0. The minimum Gasteiger partial charge on any atom is -0.474 e. The summed E-state index contributed by atoms with van der Waals surface area (Å²) < 4.78 is 14.2. The average Bonchev–Trinajstić information content (AvgIpc) is 3.11. The van der Waals surface area contributed by atoms with E-state index < -0.39 is 0 Å². The van der Waals surface area contributed by atoms with Gasteiger partial charge in [0.2, 0.25) is 5.88 Å². The summed E-state index contributed by atoms with van der Waals surface area (Å²) in [5.41, 5.74) is 2.23. The van der Waals surface area contributed by atoms with Crippen molar-refractivity contribution in [2.45, 2.75) is 44.3 Å². The van der Waals surface area contributed by atoms with Crippen molar-refractivity contribution in [1.29, 1.82) is 0 Å². The van der Waals surface area contributed by atoms with Gasteiger partial charge in [-0.25, -0.2) is 4.98 Å². The molecule has 7 heteroatoms. The monoisotopic (exact) mass is 420 g/mol. The zero-order valence-electron chi connectivity index (χ0n) is 18.1. The molecule has 0 saturated carbocycles. The number of piperidine rings is 1. The Kier molecular flexibility index (Phi) is 5.14. The molecular weight excluding hydrogens is 392 g/mol. The number of hydrogen-bond donors (Lipinski definition) is 0. The molecule has 31 heavy (non-hydrogen) atoms. The zero-order chi connectivity index (χ0) is 21.4. The van der Waals surface area contributed by atoms with Crippen LogP contribution in [0.25, 0.3) is 10.9 Å². The molecule has 2 saturated heterocycles. The molecule has 2 aromatic heterocycles. The molecule has 2 fully saturated rings. The van der Waals surface area contributed by atoms with Gasteiger partial charge in [-0.15, -0.1) is 0 Å². The van der Waals surface area contributed by atoms with Gasteiger partial charge in [0.05, 0.1) is 17.7 Å². The number of likely N-dealkylation sites (tertiary alicyclic amines) is 1. The van der Waals surface area contributed by atoms with Gasteiger partial charge in [-0.05, 0) is 31.9 Å². The molecule has 1 atom stereocenters. The highest BCUT2D eigenvalue weighted by atomic mass is 16.5. The van der Waals surface area contributed by atoms with E-state index in [2.05, 4.69) is 10.1 Å². The Labute approximate surface area is 182 Å². The fourth-order valence-electron chi connectivity index (χ4n) is 4.83. The van der Waals surface area contributed by atoms with Crippen LogP contribution in [-0.2, 0) is 11.8 Å². The highest BCUT2D eigenvalue weighted by Gasteiger charge is 2.42. The summed E-state index contributed by atoms with van der Waals surface area (Å²) in [5.74, 6) is 0.677. The van der Waals surface area contributed by atoms with Gasteiger partial charge in [0.15, 0.2) is 5.69 Å². The first-order valence-corrected chi connectivity index (χ1v) is 11.0. The molecule has 2 aliphatic heterocycles. The predicted octanol–water partition coefficient (Wildman–Crippen LogP) is 3.51. The van der Waals surface area contributed by atoms with Crippen molar-refractivity contribution in [3.8, 4) is 5.88 Å². The molecule has 162 valence electrons. The van der Waals surface area contributed by atoms with Gasteiger partial charge in [-0.1, -0.05) is 24.3 Å². The molecule has 3 aromatic rings. The lowest BCUT2D eigenvalue weighted by Crippen LogP contribution is -2.52. The second-order valence-corrected chi connectivity index (χ2v) is 8.66. The van der Waals surface area contributed by atoms with Crippen molar-refractivity contribution >= 4 is 16.8 Å². The van der Waals surface area contributed by atoms with E-state index in [1.165, 1.54) is 0 Å². The third-order valence-electron chi connectivity index (χ3n) is 6.52. The zero-order valence-corrected chi connectivity index (χ0v) is 18.1. The summed E-state index contributed by atoms with van der Waals surface area (Å²) in [7, 11) is 1.88. The molecule has 7 nitrogen and oxygen atoms in total. The lowest BCUT2D eigenvalue weighted by atomic mass is 9.83. The highest BCUT2D eigenvalue weighted by Crippen LogP contribution is 2.37. The van der Waals surface area contributed by atoms with E-state index in [0.29, 0.717) is 31.3 Å². The van der Waals surface area contributed by atoms with Crippen LogP contribution in [0.3, 0.4) is 0 Å². The Bertz CT molecular complexity index is 1100. The van der Waals surface area contributed by atoms with Crippen LogP contribution < -0.4 is 4.74 Å². The standard InChI is InChI=1S/C24H28N4O3/c1-17-6-5-9-21(25-17)31-18-10-15-30-24(16-18)11-13-28(14-12-24)23(29)22-19-7-3-4-8-20(19)27(2)26-22/h3-9,18H,10-16H2,1-2H3. The fourth-order valence-corrected chi connectivity index (χ4v) is 4.83. The molecule has 0 bridgehead atoms. The number of benzene rings is 1. The number of fused-ring (bicyclic) bond motifs is 1. The lowest BCUT2D eigenvalue weighted by Gasteiger charge is -2.45. The van der Waals surface area contributed by atoms with Crippen LogP contribution in [0.2, 0.25) is 0 Å². The topological polar surface area (TPSA) is 69.5 Å². The van der Waals surface area contributed by atoms with Crippen LogP contribution in [-0.4, -0.2) is 57.0 Å². The number of rotatable bonds is 3. The van der Waals surface area contributed by atoms with Gasteiger partial charge in [0, 0.05) is 50.1 Å². The van der Waals surface area contributed by atoms with E-state index in [1.54, 1.807) is 4.68 Å². The fraction of sp³-hybridized carbons (Fsp3) is 0.458. The number of aryl methyl sites for hydroxylation is 2. The second kappa shape index (κ2) is 7.96. The largest absolute Gasteiger partial charge is 0.474 e. The Hall–Kier alpha value is -2.93. The maximum atomic E-state index is 13.2. The number of nitrogens with zero attached hydrogens (tertiary/aromatic N) is 4. The molecule has 1 aromatic carbocycles. The highest BCUT2D eigenvalue weighted by molar-refractivity contribution is 6.04. The third-order valence-corrected chi connectivity index (χ3v) is 6.52. The molecule has 1 spiro atoms. The van der Waals surface area contributed by atoms with Gasteiger partial charge in [-0.3, -0.25) is 9.48 Å². The van der Waals surface area contributed by atoms with E-state index >= 15 is 0 Å². The first-order valence-electron chi connectivity index (χ1n) is 11.0. The van der Waals surface area contributed by atoms with Crippen LogP contribution in [0.15, 0.2) is 42.5 Å². The molecule has 1 amide bonds. The summed E-state index contributed by atoms with van der Waals surface area (Å²) in [6.07, 6.45) is 3.40. The number of para-hydroxylation sites is 1. The number of ether oxygens (including phenoxy) is 2. The Morgan fingerprint density at radius 2 is 1.97 bits per heavy atom. The number of amides is 1. The first-order chi connectivity index (χ1) is 15.0. The van der Waals surface area contributed by atoms with Gasteiger partial charge < -0.3 is 14.4 Å². The number of carbonyl (C=O) groups excluding carboxylic acids is 1. The maximum absolute atomic E-state index is 13.2. The molecular formula is C24H28N4O3. The predicted molar refractivity (Wildman–Crippen MR) is 117 cm³/mol. The smallest absolute Gasteiger partial charge is 0.275 e. The third kappa shape index (κ3) is 3.90. The van der Waals surface area contributed by atoms with E-state index in [9.17, 15) is 4.79 Å². The van der Waals surface area contributed by atoms with Crippen LogP contribution in [0.5, 0.6) is 5.88 Å². The Morgan fingerprint density at radius 3 is 2.77 bits per heavy atom. The molecule has 4 heterocycles. The van der Waals surface area contributed by atoms with Crippen LogP contribution in [0.1, 0.15) is 41.9 Å². The number of aromatic nitrogens is 3. The van der Waals surface area contributed by atoms with Crippen molar-refractivity contribution in [1.82, 2.24) is 19.7 Å². The van der Waals surface area contributed by atoms with Gasteiger partial charge in [-0.2, -0.15) is 5.10 Å². The quantitative estimate of drug-likeness (QED) is 0.649. The molecule has 0 aliphatic carbocycles. The molecule has 5 rings (SSSR count). The van der Waals surface area contributed by atoms with Crippen LogP contribution in [0, 0.1) is 6.92 Å². The van der Waals surface area contributed by atoms with E-state index in [-0.39, 0.29) is 17.6 Å². The summed E-state index contributed by atoms with van der Waals surface area (Å²) in [4.78, 5) is 19.6. The number of pyridine rings is 1. The first kappa shape index (κ1) is 20.0. The SMILES string of the molecule is Cc1cccc(OC2CCOC3(CCN(C(=O)c4nn(C)c5ccccc45)CC3)C2)n1.